The van der Waals surface area contributed by atoms with Crippen LogP contribution in [-0.2, 0) is 6.18 Å². The third-order valence-electron chi connectivity index (χ3n) is 3.79. The van der Waals surface area contributed by atoms with Gasteiger partial charge in [-0.15, -0.1) is 0 Å². The number of nitrogens with one attached hydrogen (secondary N) is 1. The summed E-state index contributed by atoms with van der Waals surface area (Å²) in [6.07, 6.45) is -7.60. The van der Waals surface area contributed by atoms with Gasteiger partial charge in [0.05, 0.1) is 11.5 Å². The Kier molecular flexibility index (Phi) is 4.86. The number of halogens is 6. The molecule has 0 unspecified atom stereocenters. The number of alkyl halides is 6. The van der Waals surface area contributed by atoms with E-state index in [1.807, 2.05) is 0 Å². The van der Waals surface area contributed by atoms with E-state index in [-0.39, 0.29) is 18.4 Å². The van der Waals surface area contributed by atoms with Crippen LogP contribution >= 0.6 is 0 Å². The standard InChI is InChI=1S/C14H14F6N2O/c15-13(16,17)9-2-1-3-10(6-9)22-12(23)8-4-5-11(21-7-8)14(18,19)20/h4-5,7,9-10H,1-3,6H2,(H,22,23)/t9-,10-/m1/s1. The number of pyridine rings is 1. The number of aromatic nitrogens is 1. The molecule has 2 atom stereocenters. The summed E-state index contributed by atoms with van der Waals surface area (Å²) >= 11 is 0. The first-order chi connectivity index (χ1) is 10.6. The van der Waals surface area contributed by atoms with Gasteiger partial charge in [-0.05, 0) is 31.4 Å². The lowest BCUT2D eigenvalue weighted by atomic mass is 9.85. The maximum absolute atomic E-state index is 12.7. The van der Waals surface area contributed by atoms with Crippen LogP contribution < -0.4 is 5.32 Å². The summed E-state index contributed by atoms with van der Waals surface area (Å²) in [6, 6.07) is 0.967. The molecule has 1 fully saturated rings. The molecule has 0 aliphatic heterocycles. The highest BCUT2D eigenvalue weighted by Gasteiger charge is 2.42. The number of carbonyl (C=O) groups is 1. The van der Waals surface area contributed by atoms with Gasteiger partial charge in [0.15, 0.2) is 0 Å². The van der Waals surface area contributed by atoms with E-state index in [0.29, 0.717) is 18.9 Å². The molecule has 3 nitrogen and oxygen atoms in total. The number of carbonyl (C=O) groups excluding carboxylic acids is 1. The van der Waals surface area contributed by atoms with Crippen molar-refractivity contribution in [3.8, 4) is 0 Å². The van der Waals surface area contributed by atoms with Crippen molar-refractivity contribution in [1.82, 2.24) is 10.3 Å². The maximum atomic E-state index is 12.7. The minimum atomic E-state index is -4.61. The van der Waals surface area contributed by atoms with Gasteiger partial charge in [-0.1, -0.05) is 6.42 Å². The lowest BCUT2D eigenvalue weighted by molar-refractivity contribution is -0.183. The lowest BCUT2D eigenvalue weighted by Crippen LogP contribution is -2.41. The van der Waals surface area contributed by atoms with E-state index in [1.165, 1.54) is 0 Å². The third-order valence-corrected chi connectivity index (χ3v) is 3.79. The average Bonchev–Trinajstić information content (AvgIpc) is 2.46. The van der Waals surface area contributed by atoms with Crippen molar-refractivity contribution >= 4 is 5.91 Å². The van der Waals surface area contributed by atoms with Crippen molar-refractivity contribution in [2.45, 2.75) is 44.1 Å². The fraction of sp³-hybridized carbons (Fsp3) is 0.571. The molecule has 0 radical (unpaired) electrons. The zero-order valence-electron chi connectivity index (χ0n) is 11.8. The van der Waals surface area contributed by atoms with E-state index in [0.717, 1.165) is 12.3 Å². The highest BCUT2D eigenvalue weighted by Crippen LogP contribution is 2.37. The second-order valence-corrected chi connectivity index (χ2v) is 5.51. The Morgan fingerprint density at radius 1 is 1.13 bits per heavy atom. The number of rotatable bonds is 2. The van der Waals surface area contributed by atoms with Crippen molar-refractivity contribution in [1.29, 1.82) is 0 Å². The normalized spacial score (nSPS) is 22.7. The second-order valence-electron chi connectivity index (χ2n) is 5.51. The molecule has 23 heavy (non-hydrogen) atoms. The Balaban J connectivity index is 1.99. The fourth-order valence-electron chi connectivity index (χ4n) is 2.58. The summed E-state index contributed by atoms with van der Waals surface area (Å²) in [5, 5.41) is 2.44. The lowest BCUT2D eigenvalue weighted by Gasteiger charge is -2.31. The predicted molar refractivity (Wildman–Crippen MR) is 68.5 cm³/mol. The smallest absolute Gasteiger partial charge is 0.349 e. The highest BCUT2D eigenvalue weighted by molar-refractivity contribution is 5.94. The Labute approximate surface area is 128 Å². The van der Waals surface area contributed by atoms with Crippen molar-refractivity contribution in [2.24, 2.45) is 5.92 Å². The minimum Gasteiger partial charge on any atom is -0.349 e. The van der Waals surface area contributed by atoms with Crippen molar-refractivity contribution in [2.75, 3.05) is 0 Å². The number of nitrogens with zero attached hydrogens (tertiary/aromatic N) is 1. The topological polar surface area (TPSA) is 42.0 Å². The van der Waals surface area contributed by atoms with Gasteiger partial charge >= 0.3 is 12.4 Å². The second kappa shape index (κ2) is 6.37. The number of hydrogen-bond acceptors (Lipinski definition) is 2. The van der Waals surface area contributed by atoms with Crippen LogP contribution in [0.3, 0.4) is 0 Å². The van der Waals surface area contributed by atoms with Crippen LogP contribution in [0.4, 0.5) is 26.3 Å². The van der Waals surface area contributed by atoms with Gasteiger partial charge in [0.25, 0.3) is 5.91 Å². The van der Waals surface area contributed by atoms with Crippen LogP contribution in [0.25, 0.3) is 0 Å². The molecule has 2 rings (SSSR count). The van der Waals surface area contributed by atoms with Gasteiger partial charge in [-0.25, -0.2) is 0 Å². The molecular formula is C14H14F6N2O. The van der Waals surface area contributed by atoms with Crippen LogP contribution in [0.15, 0.2) is 18.3 Å². The molecule has 0 aromatic carbocycles. The van der Waals surface area contributed by atoms with Crippen LogP contribution in [0.2, 0.25) is 0 Å². The largest absolute Gasteiger partial charge is 0.433 e. The molecule has 1 heterocycles. The van der Waals surface area contributed by atoms with Crippen LogP contribution in [0.1, 0.15) is 41.7 Å². The SMILES string of the molecule is O=C(N[C@@H]1CCC[C@@H](C(F)(F)F)C1)c1ccc(C(F)(F)F)nc1. The van der Waals surface area contributed by atoms with E-state index in [1.54, 1.807) is 0 Å². The van der Waals surface area contributed by atoms with Crippen LogP contribution in [-0.4, -0.2) is 23.1 Å². The van der Waals surface area contributed by atoms with Crippen LogP contribution in [0, 0.1) is 5.92 Å². The fourth-order valence-corrected chi connectivity index (χ4v) is 2.58. The first kappa shape index (κ1) is 17.6. The molecular weight excluding hydrogens is 326 g/mol. The first-order valence-corrected chi connectivity index (χ1v) is 6.98. The average molecular weight is 340 g/mol. The van der Waals surface area contributed by atoms with Gasteiger partial charge < -0.3 is 5.32 Å². The summed E-state index contributed by atoms with van der Waals surface area (Å²) in [5.41, 5.74) is -1.25. The molecule has 1 aromatic rings. The molecule has 1 aliphatic rings. The highest BCUT2D eigenvalue weighted by atomic mass is 19.4. The van der Waals surface area contributed by atoms with Crippen LogP contribution in [0.5, 0.6) is 0 Å². The monoisotopic (exact) mass is 340 g/mol. The zero-order valence-corrected chi connectivity index (χ0v) is 11.8. The van der Waals surface area contributed by atoms with Gasteiger partial charge in [0.2, 0.25) is 0 Å². The Morgan fingerprint density at radius 3 is 2.35 bits per heavy atom. The number of amides is 1. The summed E-state index contributed by atoms with van der Waals surface area (Å²) in [6.45, 7) is 0. The minimum absolute atomic E-state index is 0.0255. The van der Waals surface area contributed by atoms with E-state index in [9.17, 15) is 31.1 Å². The van der Waals surface area contributed by atoms with Gasteiger partial charge in [0, 0.05) is 12.2 Å². The van der Waals surface area contributed by atoms with E-state index >= 15 is 0 Å². The molecule has 1 aliphatic carbocycles. The molecule has 0 saturated heterocycles. The van der Waals surface area contributed by atoms with Crippen molar-refractivity contribution < 1.29 is 31.1 Å². The maximum Gasteiger partial charge on any atom is 0.433 e. The van der Waals surface area contributed by atoms with Gasteiger partial charge in [-0.3, -0.25) is 9.78 Å². The predicted octanol–water partition coefficient (Wildman–Crippen LogP) is 3.95. The summed E-state index contributed by atoms with van der Waals surface area (Å²) < 4.78 is 75.2. The molecule has 1 N–H and O–H groups in total. The van der Waals surface area contributed by atoms with Gasteiger partial charge in [0.1, 0.15) is 5.69 Å². The number of hydrogen-bond donors (Lipinski definition) is 1. The molecule has 128 valence electrons. The third kappa shape index (κ3) is 4.59. The van der Waals surface area contributed by atoms with E-state index < -0.39 is 35.9 Å². The molecule has 0 bridgehead atoms. The quantitative estimate of drug-likeness (QED) is 0.829. The summed E-state index contributed by atoms with van der Waals surface area (Å²) in [5.74, 6) is -2.19. The van der Waals surface area contributed by atoms with E-state index in [4.69, 9.17) is 0 Å². The Bertz CT molecular complexity index is 552. The molecule has 1 aromatic heterocycles. The van der Waals surface area contributed by atoms with Crippen molar-refractivity contribution in [3.05, 3.63) is 29.6 Å². The summed E-state index contributed by atoms with van der Waals surface area (Å²) in [4.78, 5) is 15.1. The molecule has 9 heteroatoms. The zero-order chi connectivity index (χ0) is 17.3. The molecule has 1 saturated carbocycles. The molecule has 1 amide bonds. The Morgan fingerprint density at radius 2 is 1.83 bits per heavy atom. The Hall–Kier alpha value is -1.80. The van der Waals surface area contributed by atoms with E-state index in [2.05, 4.69) is 10.3 Å². The van der Waals surface area contributed by atoms with Gasteiger partial charge in [-0.2, -0.15) is 26.3 Å². The summed E-state index contributed by atoms with van der Waals surface area (Å²) in [7, 11) is 0. The molecule has 0 spiro atoms. The van der Waals surface area contributed by atoms with Crippen molar-refractivity contribution in [3.63, 3.8) is 0 Å². The first-order valence-electron chi connectivity index (χ1n) is 6.98.